The van der Waals surface area contributed by atoms with Crippen LogP contribution in [0.3, 0.4) is 0 Å². The van der Waals surface area contributed by atoms with Crippen LogP contribution in [0.4, 0.5) is 0 Å². The lowest BCUT2D eigenvalue weighted by Gasteiger charge is -2.08. The summed E-state index contributed by atoms with van der Waals surface area (Å²) < 4.78 is 8.52. The van der Waals surface area contributed by atoms with Crippen LogP contribution in [-0.2, 0) is 4.74 Å². The molecule has 0 saturated carbocycles. The average molecular weight is 628 g/mol. The topological polar surface area (TPSA) is 42.9 Å². The monoisotopic (exact) mass is 628 g/mol. The van der Waals surface area contributed by atoms with Crippen molar-refractivity contribution in [3.05, 3.63) is 28.4 Å². The van der Waals surface area contributed by atoms with Crippen LogP contribution in [0.2, 0.25) is 0 Å². The molecule has 0 radical (unpaired) electrons. The van der Waals surface area contributed by atoms with Crippen LogP contribution in [0.1, 0.15) is 43.0 Å². The van der Waals surface area contributed by atoms with E-state index in [1.54, 1.807) is 0 Å². The number of rotatable bonds is 9. The minimum absolute atomic E-state index is 0.203. The minimum Gasteiger partial charge on any atom is -0.462 e. The number of carbonyl (C=O) groups excluding carboxylic acids is 1. The minimum atomic E-state index is -0.203. The Labute approximate surface area is 167 Å². The Balaban J connectivity index is 2.28. The Morgan fingerprint density at radius 1 is 1.14 bits per heavy atom. The SMILES string of the molecule is CCCC[NH2+]CCCCOC(=O)c1cc(I)cc(I)c1I. The van der Waals surface area contributed by atoms with Gasteiger partial charge in [0, 0.05) is 10.7 Å². The third kappa shape index (κ3) is 7.78. The Hall–Kier alpha value is 0.840. The lowest BCUT2D eigenvalue weighted by molar-refractivity contribution is -0.655. The van der Waals surface area contributed by atoms with Crippen LogP contribution in [0.25, 0.3) is 0 Å². The van der Waals surface area contributed by atoms with Gasteiger partial charge in [0.15, 0.2) is 0 Å². The van der Waals surface area contributed by atoms with E-state index < -0.39 is 0 Å². The molecule has 118 valence electrons. The van der Waals surface area contributed by atoms with E-state index in [1.165, 1.54) is 19.4 Å². The average Bonchev–Trinajstić information content (AvgIpc) is 2.45. The summed E-state index contributed by atoms with van der Waals surface area (Å²) in [4.78, 5) is 12.1. The lowest BCUT2D eigenvalue weighted by Crippen LogP contribution is -2.84. The van der Waals surface area contributed by atoms with Gasteiger partial charge in [-0.05, 0) is 99.2 Å². The van der Waals surface area contributed by atoms with Gasteiger partial charge in [0.1, 0.15) is 0 Å². The fourth-order valence-electron chi connectivity index (χ4n) is 1.83. The Bertz CT molecular complexity index is 466. The van der Waals surface area contributed by atoms with Gasteiger partial charge >= 0.3 is 5.97 Å². The van der Waals surface area contributed by atoms with E-state index in [9.17, 15) is 4.79 Å². The van der Waals surface area contributed by atoms with E-state index in [4.69, 9.17) is 4.74 Å². The summed E-state index contributed by atoms with van der Waals surface area (Å²) in [6.07, 6.45) is 4.56. The molecule has 0 unspecified atom stereocenters. The Morgan fingerprint density at radius 3 is 2.57 bits per heavy atom. The molecule has 0 fully saturated rings. The molecule has 1 aromatic carbocycles. The predicted octanol–water partition coefficient (Wildman–Crippen LogP) is 3.80. The second-order valence-corrected chi connectivity index (χ2v) is 8.30. The molecule has 21 heavy (non-hydrogen) atoms. The van der Waals surface area contributed by atoms with Crippen molar-refractivity contribution in [1.82, 2.24) is 0 Å². The van der Waals surface area contributed by atoms with E-state index >= 15 is 0 Å². The summed E-state index contributed by atoms with van der Waals surface area (Å²) in [5, 5.41) is 2.34. The number of unbranched alkanes of at least 4 members (excludes halogenated alkanes) is 2. The van der Waals surface area contributed by atoms with Gasteiger partial charge in [0.05, 0.1) is 25.3 Å². The van der Waals surface area contributed by atoms with Crippen molar-refractivity contribution < 1.29 is 14.8 Å². The van der Waals surface area contributed by atoms with Crippen LogP contribution in [-0.4, -0.2) is 25.7 Å². The van der Waals surface area contributed by atoms with E-state index in [0.717, 1.165) is 30.1 Å². The molecule has 2 N–H and O–H groups in total. The van der Waals surface area contributed by atoms with Crippen molar-refractivity contribution >= 4 is 73.7 Å². The van der Waals surface area contributed by atoms with Gasteiger partial charge in [-0.2, -0.15) is 0 Å². The van der Waals surface area contributed by atoms with Crippen molar-refractivity contribution in [2.24, 2.45) is 0 Å². The highest BCUT2D eigenvalue weighted by Gasteiger charge is 2.14. The highest BCUT2D eigenvalue weighted by Crippen LogP contribution is 2.23. The summed E-state index contributed by atoms with van der Waals surface area (Å²) in [6.45, 7) is 5.05. The van der Waals surface area contributed by atoms with E-state index in [2.05, 4.69) is 86.1 Å². The van der Waals surface area contributed by atoms with Crippen LogP contribution in [0.5, 0.6) is 0 Å². The largest absolute Gasteiger partial charge is 0.462 e. The maximum absolute atomic E-state index is 12.1. The number of ether oxygens (including phenoxy) is 1. The molecule has 0 spiro atoms. The molecule has 0 amide bonds. The summed E-state index contributed by atoms with van der Waals surface area (Å²) in [5.74, 6) is -0.203. The van der Waals surface area contributed by atoms with Crippen molar-refractivity contribution in [3.8, 4) is 0 Å². The molecule has 6 heteroatoms. The van der Waals surface area contributed by atoms with Gasteiger partial charge in [-0.15, -0.1) is 0 Å². The number of halogens is 3. The Kier molecular flexibility index (Phi) is 10.8. The van der Waals surface area contributed by atoms with Gasteiger partial charge in [-0.25, -0.2) is 4.79 Å². The van der Waals surface area contributed by atoms with Crippen molar-refractivity contribution in [3.63, 3.8) is 0 Å². The lowest BCUT2D eigenvalue weighted by atomic mass is 10.2. The molecule has 0 aliphatic heterocycles. The molecule has 1 aromatic rings. The maximum Gasteiger partial charge on any atom is 0.339 e. The zero-order valence-electron chi connectivity index (χ0n) is 12.1. The number of quaternary nitrogens is 1. The number of hydrogen-bond donors (Lipinski definition) is 1. The molecule has 0 saturated heterocycles. The summed E-state index contributed by atoms with van der Waals surface area (Å²) >= 11 is 6.69. The van der Waals surface area contributed by atoms with Gasteiger partial charge in [-0.1, -0.05) is 13.3 Å². The summed E-state index contributed by atoms with van der Waals surface area (Å²) in [6, 6.07) is 3.96. The quantitative estimate of drug-likeness (QED) is 0.196. The van der Waals surface area contributed by atoms with Gasteiger partial charge < -0.3 is 10.1 Å². The highest BCUT2D eigenvalue weighted by atomic mass is 127. The molecule has 0 aliphatic rings. The molecule has 0 aliphatic carbocycles. The van der Waals surface area contributed by atoms with Crippen molar-refractivity contribution in [2.75, 3.05) is 19.7 Å². The normalized spacial score (nSPS) is 10.7. The molecule has 0 atom stereocenters. The first-order valence-electron chi connectivity index (χ1n) is 7.19. The third-order valence-electron chi connectivity index (χ3n) is 3.01. The number of esters is 1. The maximum atomic E-state index is 12.1. The van der Waals surface area contributed by atoms with Gasteiger partial charge in [-0.3, -0.25) is 0 Å². The number of carbonyl (C=O) groups is 1. The number of hydrogen-bond acceptors (Lipinski definition) is 2. The predicted molar refractivity (Wildman–Crippen MR) is 111 cm³/mol. The molecular formula is C15H21I3NO2+. The van der Waals surface area contributed by atoms with Crippen LogP contribution in [0, 0.1) is 10.7 Å². The smallest absolute Gasteiger partial charge is 0.339 e. The summed E-state index contributed by atoms with van der Waals surface area (Å²) in [7, 11) is 0. The Morgan fingerprint density at radius 2 is 1.86 bits per heavy atom. The fraction of sp³-hybridized carbons (Fsp3) is 0.533. The van der Waals surface area contributed by atoms with E-state index in [-0.39, 0.29) is 5.97 Å². The highest BCUT2D eigenvalue weighted by molar-refractivity contribution is 14.1. The third-order valence-corrected chi connectivity index (χ3v) is 6.68. The first kappa shape index (κ1) is 19.9. The molecule has 0 aromatic heterocycles. The van der Waals surface area contributed by atoms with E-state index in [0.29, 0.717) is 12.2 Å². The standard InChI is InChI=1S/C15H20I3NO2/c1-2-3-6-19-7-4-5-8-21-15(20)12-9-11(16)10-13(17)14(12)18/h9-10,19H,2-8H2,1H3/p+1. The van der Waals surface area contributed by atoms with Crippen LogP contribution in [0.15, 0.2) is 12.1 Å². The fourth-order valence-corrected chi connectivity index (χ4v) is 4.21. The van der Waals surface area contributed by atoms with Crippen LogP contribution >= 0.6 is 67.8 Å². The number of benzene rings is 1. The second kappa shape index (κ2) is 11.4. The first-order chi connectivity index (χ1) is 10.1. The van der Waals surface area contributed by atoms with Crippen molar-refractivity contribution in [1.29, 1.82) is 0 Å². The molecule has 3 nitrogen and oxygen atoms in total. The molecule has 0 heterocycles. The van der Waals surface area contributed by atoms with Gasteiger partial charge in [0.25, 0.3) is 0 Å². The molecule has 0 bridgehead atoms. The second-order valence-electron chi connectivity index (χ2n) is 4.81. The molecule has 1 rings (SSSR count). The van der Waals surface area contributed by atoms with E-state index in [1.807, 2.05) is 6.07 Å². The molecular weight excluding hydrogens is 607 g/mol. The van der Waals surface area contributed by atoms with Gasteiger partial charge in [0.2, 0.25) is 0 Å². The number of nitrogens with two attached hydrogens (primary N) is 1. The van der Waals surface area contributed by atoms with Crippen molar-refractivity contribution in [2.45, 2.75) is 32.6 Å². The zero-order valence-corrected chi connectivity index (χ0v) is 18.6. The summed E-state index contributed by atoms with van der Waals surface area (Å²) in [5.41, 5.74) is 0.682. The van der Waals surface area contributed by atoms with Crippen LogP contribution < -0.4 is 5.32 Å². The zero-order chi connectivity index (χ0) is 15.7. The first-order valence-corrected chi connectivity index (χ1v) is 10.4.